The first kappa shape index (κ1) is 26.3. The predicted molar refractivity (Wildman–Crippen MR) is 151 cm³/mol. The van der Waals surface area contributed by atoms with Gasteiger partial charge in [0.25, 0.3) is 5.91 Å². The molecule has 1 aliphatic rings. The van der Waals surface area contributed by atoms with E-state index in [2.05, 4.69) is 10.3 Å². The summed E-state index contributed by atoms with van der Waals surface area (Å²) in [6.07, 6.45) is 2.46. The minimum atomic E-state index is -0.311. The first-order valence-electron chi connectivity index (χ1n) is 11.0. The average molecular weight is 561 g/mol. The standard InChI is InChI=1S/C26H23Cl2N3O3S2/c1-16-10-12-35-23(16)14-20-25(33)31(21-13-19(28)7-8-22(21)34-2)26(30-20)36-15-24(32)29-11-9-17-3-5-18(27)6-4-17/h3-8,10,12-14H,9,11,15H2,1-2H3,(H,29,32). The van der Waals surface area contributed by atoms with Crippen molar-refractivity contribution in [2.75, 3.05) is 24.3 Å². The Labute approximate surface area is 228 Å². The second-order valence-corrected chi connectivity index (χ2v) is 10.6. The third kappa shape index (κ3) is 6.31. The molecule has 0 fully saturated rings. The topological polar surface area (TPSA) is 71.0 Å². The van der Waals surface area contributed by atoms with Crippen LogP contribution in [0.1, 0.15) is 16.0 Å². The quantitative estimate of drug-likeness (QED) is 0.333. The Morgan fingerprint density at radius 3 is 2.61 bits per heavy atom. The van der Waals surface area contributed by atoms with Gasteiger partial charge in [-0.3, -0.25) is 9.59 Å². The molecule has 4 rings (SSSR count). The summed E-state index contributed by atoms with van der Waals surface area (Å²) in [6, 6.07) is 14.5. The molecule has 2 heterocycles. The number of benzene rings is 2. The number of aryl methyl sites for hydroxylation is 1. The van der Waals surface area contributed by atoms with Gasteiger partial charge in [0.1, 0.15) is 11.4 Å². The van der Waals surface area contributed by atoms with Crippen LogP contribution in [-0.4, -0.2) is 36.4 Å². The fourth-order valence-corrected chi connectivity index (χ4v) is 5.46. The summed E-state index contributed by atoms with van der Waals surface area (Å²) in [5.41, 5.74) is 2.89. The molecule has 0 aliphatic carbocycles. The fourth-order valence-electron chi connectivity index (χ4n) is 3.48. The van der Waals surface area contributed by atoms with Crippen molar-refractivity contribution in [1.29, 1.82) is 0 Å². The molecule has 0 unspecified atom stereocenters. The first-order valence-corrected chi connectivity index (χ1v) is 13.6. The number of ether oxygens (including phenoxy) is 1. The number of hydrogen-bond donors (Lipinski definition) is 1. The molecular weight excluding hydrogens is 537 g/mol. The Kier molecular flexibility index (Phi) is 8.74. The number of thiophene rings is 1. The van der Waals surface area contributed by atoms with Crippen LogP contribution in [0.25, 0.3) is 6.08 Å². The van der Waals surface area contributed by atoms with Crippen molar-refractivity contribution in [2.45, 2.75) is 13.3 Å². The largest absolute Gasteiger partial charge is 0.495 e. The maximum atomic E-state index is 13.5. The predicted octanol–water partition coefficient (Wildman–Crippen LogP) is 6.21. The number of aliphatic imine (C=N–C) groups is 1. The summed E-state index contributed by atoms with van der Waals surface area (Å²) < 4.78 is 5.48. The number of nitrogens with zero attached hydrogens (tertiary/aromatic N) is 2. The number of halogens is 2. The zero-order valence-corrected chi connectivity index (χ0v) is 22.7. The van der Waals surface area contributed by atoms with Crippen LogP contribution in [0.15, 0.2) is 64.6 Å². The Hall–Kier alpha value is -2.78. The van der Waals surface area contributed by atoms with E-state index in [1.165, 1.54) is 35.1 Å². The third-order valence-electron chi connectivity index (χ3n) is 5.36. The Bertz CT molecular complexity index is 1340. The molecule has 0 saturated heterocycles. The summed E-state index contributed by atoms with van der Waals surface area (Å²) >= 11 is 14.9. The molecule has 2 amide bonds. The first-order chi connectivity index (χ1) is 17.4. The fraction of sp³-hybridized carbons (Fsp3) is 0.192. The van der Waals surface area contributed by atoms with Gasteiger partial charge in [-0.05, 0) is 72.3 Å². The molecule has 0 bridgehead atoms. The number of methoxy groups -OCH3 is 1. The van der Waals surface area contributed by atoms with Crippen molar-refractivity contribution in [3.05, 3.63) is 85.7 Å². The maximum Gasteiger partial charge on any atom is 0.283 e. The van der Waals surface area contributed by atoms with Crippen molar-refractivity contribution in [3.63, 3.8) is 0 Å². The van der Waals surface area contributed by atoms with Gasteiger partial charge < -0.3 is 10.1 Å². The van der Waals surface area contributed by atoms with E-state index in [0.717, 1.165) is 16.0 Å². The number of nitrogens with one attached hydrogen (secondary N) is 1. The van der Waals surface area contributed by atoms with Gasteiger partial charge >= 0.3 is 0 Å². The lowest BCUT2D eigenvalue weighted by Gasteiger charge is -2.20. The van der Waals surface area contributed by atoms with Crippen LogP contribution >= 0.6 is 46.3 Å². The highest BCUT2D eigenvalue weighted by atomic mass is 35.5. The molecule has 2 aromatic carbocycles. The van der Waals surface area contributed by atoms with Crippen LogP contribution in [0.2, 0.25) is 10.0 Å². The minimum Gasteiger partial charge on any atom is -0.495 e. The Morgan fingerprint density at radius 2 is 1.92 bits per heavy atom. The van der Waals surface area contributed by atoms with Crippen LogP contribution in [0.3, 0.4) is 0 Å². The summed E-state index contributed by atoms with van der Waals surface area (Å²) in [7, 11) is 1.52. The number of carbonyl (C=O) groups is 2. The van der Waals surface area contributed by atoms with Crippen molar-refractivity contribution in [3.8, 4) is 5.75 Å². The average Bonchev–Trinajstić information content (AvgIpc) is 3.41. The Balaban J connectivity index is 1.50. The van der Waals surface area contributed by atoms with Gasteiger partial charge in [-0.25, -0.2) is 9.89 Å². The number of amides is 2. The van der Waals surface area contributed by atoms with Gasteiger partial charge in [0.2, 0.25) is 5.91 Å². The van der Waals surface area contributed by atoms with Crippen LogP contribution < -0.4 is 15.0 Å². The number of rotatable bonds is 8. The van der Waals surface area contributed by atoms with Crippen molar-refractivity contribution in [2.24, 2.45) is 4.99 Å². The summed E-state index contributed by atoms with van der Waals surface area (Å²) in [5, 5.41) is 6.39. The number of anilines is 1. The second-order valence-electron chi connectivity index (χ2n) is 7.86. The van der Waals surface area contributed by atoms with E-state index in [1.54, 1.807) is 24.3 Å². The van der Waals surface area contributed by atoms with E-state index in [1.807, 2.05) is 42.6 Å². The van der Waals surface area contributed by atoms with Crippen LogP contribution in [0.5, 0.6) is 5.75 Å². The second kappa shape index (κ2) is 12.0. The highest BCUT2D eigenvalue weighted by Crippen LogP contribution is 2.37. The SMILES string of the molecule is COc1ccc(Cl)cc1N1C(=O)C(=Cc2sccc2C)N=C1SCC(=O)NCCc1ccc(Cl)cc1. The van der Waals surface area contributed by atoms with Gasteiger partial charge in [0.15, 0.2) is 5.17 Å². The van der Waals surface area contributed by atoms with E-state index < -0.39 is 0 Å². The van der Waals surface area contributed by atoms with E-state index >= 15 is 0 Å². The van der Waals surface area contributed by atoms with E-state index in [9.17, 15) is 9.59 Å². The highest BCUT2D eigenvalue weighted by molar-refractivity contribution is 8.14. The van der Waals surface area contributed by atoms with Gasteiger partial charge in [0.05, 0.1) is 18.6 Å². The monoisotopic (exact) mass is 559 g/mol. The molecule has 0 saturated carbocycles. The molecule has 3 aromatic rings. The highest BCUT2D eigenvalue weighted by Gasteiger charge is 2.34. The van der Waals surface area contributed by atoms with Gasteiger partial charge in [0, 0.05) is 21.5 Å². The molecule has 1 N–H and O–H groups in total. The number of carbonyl (C=O) groups excluding carboxylic acids is 2. The number of thioether (sulfide) groups is 1. The molecule has 6 nitrogen and oxygen atoms in total. The lowest BCUT2D eigenvalue weighted by molar-refractivity contribution is -0.118. The van der Waals surface area contributed by atoms with Crippen LogP contribution in [0.4, 0.5) is 5.69 Å². The van der Waals surface area contributed by atoms with E-state index in [-0.39, 0.29) is 23.3 Å². The molecule has 10 heteroatoms. The molecule has 0 radical (unpaired) electrons. The number of hydrogen-bond acceptors (Lipinski definition) is 6. The molecule has 36 heavy (non-hydrogen) atoms. The molecule has 0 atom stereocenters. The lowest BCUT2D eigenvalue weighted by atomic mass is 10.1. The third-order valence-corrected chi connectivity index (χ3v) is 7.75. The number of amidine groups is 1. The minimum absolute atomic E-state index is 0.0947. The van der Waals surface area contributed by atoms with Crippen molar-refractivity contribution >= 4 is 75.0 Å². The van der Waals surface area contributed by atoms with Gasteiger partial charge in [-0.1, -0.05) is 47.1 Å². The van der Waals surface area contributed by atoms with Gasteiger partial charge in [-0.2, -0.15) is 0 Å². The van der Waals surface area contributed by atoms with E-state index in [0.29, 0.717) is 39.6 Å². The summed E-state index contributed by atoms with van der Waals surface area (Å²) in [4.78, 5) is 33.0. The summed E-state index contributed by atoms with van der Waals surface area (Å²) in [5.74, 6) is 0.0990. The summed E-state index contributed by atoms with van der Waals surface area (Å²) in [6.45, 7) is 2.47. The molecule has 186 valence electrons. The molecule has 0 spiro atoms. The lowest BCUT2D eigenvalue weighted by Crippen LogP contribution is -2.33. The van der Waals surface area contributed by atoms with Crippen molar-refractivity contribution < 1.29 is 14.3 Å². The van der Waals surface area contributed by atoms with Gasteiger partial charge in [-0.15, -0.1) is 11.3 Å². The van der Waals surface area contributed by atoms with Crippen molar-refractivity contribution in [1.82, 2.24) is 5.32 Å². The zero-order valence-electron chi connectivity index (χ0n) is 19.6. The van der Waals surface area contributed by atoms with Crippen LogP contribution in [0, 0.1) is 6.92 Å². The van der Waals surface area contributed by atoms with E-state index in [4.69, 9.17) is 27.9 Å². The maximum absolute atomic E-state index is 13.5. The Morgan fingerprint density at radius 1 is 1.17 bits per heavy atom. The zero-order chi connectivity index (χ0) is 25.7. The normalized spacial score (nSPS) is 14.3. The smallest absolute Gasteiger partial charge is 0.283 e. The van der Waals surface area contributed by atoms with Crippen LogP contribution in [-0.2, 0) is 16.0 Å². The molecule has 1 aliphatic heterocycles. The molecular formula is C26H23Cl2N3O3S2. The molecule has 1 aromatic heterocycles.